The van der Waals surface area contributed by atoms with Crippen LogP contribution in [-0.4, -0.2) is 6.21 Å². The molecule has 0 N–H and O–H groups in total. The van der Waals surface area contributed by atoms with E-state index in [0.717, 1.165) is 18.4 Å². The van der Waals surface area contributed by atoms with E-state index in [9.17, 15) is 0 Å². The van der Waals surface area contributed by atoms with E-state index in [1.54, 1.807) is 0 Å². The predicted molar refractivity (Wildman–Crippen MR) is 138 cm³/mol. The van der Waals surface area contributed by atoms with Gasteiger partial charge in [-0.3, -0.25) is 4.99 Å². The minimum atomic E-state index is 0.159. The Hall–Kier alpha value is -2.15. The van der Waals surface area contributed by atoms with Crippen molar-refractivity contribution < 1.29 is 0 Å². The highest BCUT2D eigenvalue weighted by molar-refractivity contribution is 5.74. The van der Waals surface area contributed by atoms with Crippen molar-refractivity contribution in [3.63, 3.8) is 0 Å². The van der Waals surface area contributed by atoms with Gasteiger partial charge in [0, 0.05) is 6.21 Å². The number of rotatable bonds is 8. The highest BCUT2D eigenvalue weighted by Gasteiger charge is 2.39. The Bertz CT molecular complexity index is 827. The molecule has 168 valence electrons. The monoisotopic (exact) mass is 417 g/mol. The van der Waals surface area contributed by atoms with Crippen LogP contribution in [0.2, 0.25) is 0 Å². The van der Waals surface area contributed by atoms with E-state index in [1.807, 2.05) is 12.3 Å². The normalized spacial score (nSPS) is 22.7. The van der Waals surface area contributed by atoms with E-state index in [0.29, 0.717) is 29.7 Å². The maximum Gasteiger partial charge on any atom is 0.0639 e. The first-order chi connectivity index (χ1) is 14.6. The molecule has 0 fully saturated rings. The predicted octanol–water partition coefficient (Wildman–Crippen LogP) is 8.61. The molecule has 1 aromatic carbocycles. The summed E-state index contributed by atoms with van der Waals surface area (Å²) in [6.45, 7) is 21.5. The van der Waals surface area contributed by atoms with Crippen molar-refractivity contribution in [2.24, 2.45) is 33.6 Å². The molecule has 1 aromatic rings. The second-order valence-corrected chi connectivity index (χ2v) is 10.8. The molecule has 0 saturated carbocycles. The van der Waals surface area contributed by atoms with Crippen LogP contribution in [-0.2, 0) is 6.54 Å². The smallest absolute Gasteiger partial charge is 0.0639 e. The molecule has 1 aliphatic carbocycles. The zero-order valence-electron chi connectivity index (χ0n) is 20.9. The van der Waals surface area contributed by atoms with Gasteiger partial charge in [0.25, 0.3) is 0 Å². The second-order valence-electron chi connectivity index (χ2n) is 10.8. The van der Waals surface area contributed by atoms with Crippen molar-refractivity contribution in [1.29, 1.82) is 0 Å². The molecule has 0 spiro atoms. The van der Waals surface area contributed by atoms with E-state index < -0.39 is 0 Å². The molecule has 0 amide bonds. The van der Waals surface area contributed by atoms with Crippen molar-refractivity contribution in [1.82, 2.24) is 0 Å². The lowest BCUT2D eigenvalue weighted by atomic mass is 9.60. The fourth-order valence-electron chi connectivity index (χ4n) is 4.40. The van der Waals surface area contributed by atoms with Gasteiger partial charge in [-0.05, 0) is 64.2 Å². The third-order valence-electron chi connectivity index (χ3n) is 6.81. The lowest BCUT2D eigenvalue weighted by molar-refractivity contribution is 0.147. The topological polar surface area (TPSA) is 12.4 Å². The largest absolute Gasteiger partial charge is 0.288 e. The van der Waals surface area contributed by atoms with Crippen LogP contribution in [0, 0.1) is 28.6 Å². The van der Waals surface area contributed by atoms with Crippen LogP contribution in [0.1, 0.15) is 66.9 Å². The van der Waals surface area contributed by atoms with Crippen molar-refractivity contribution in [2.45, 2.75) is 67.9 Å². The third-order valence-corrected chi connectivity index (χ3v) is 6.81. The average Bonchev–Trinajstić information content (AvgIpc) is 2.71. The molecule has 0 saturated heterocycles. The summed E-state index contributed by atoms with van der Waals surface area (Å²) in [6, 6.07) is 10.4. The Morgan fingerprint density at radius 3 is 2.39 bits per heavy atom. The molecule has 3 atom stereocenters. The summed E-state index contributed by atoms with van der Waals surface area (Å²) < 4.78 is 0. The van der Waals surface area contributed by atoms with Gasteiger partial charge in [-0.2, -0.15) is 0 Å². The van der Waals surface area contributed by atoms with Crippen LogP contribution in [0.15, 0.2) is 83.4 Å². The number of allylic oxidation sites excluding steroid dienone is 7. The molecule has 0 radical (unpaired) electrons. The second kappa shape index (κ2) is 10.9. The summed E-state index contributed by atoms with van der Waals surface area (Å²) >= 11 is 0. The number of hydrogen-bond acceptors (Lipinski definition) is 1. The van der Waals surface area contributed by atoms with E-state index >= 15 is 0 Å². The number of nitrogens with zero attached hydrogens (tertiary/aromatic N) is 1. The molecule has 0 aromatic heterocycles. The molecule has 2 rings (SSSR count). The Morgan fingerprint density at radius 2 is 1.77 bits per heavy atom. The zero-order valence-corrected chi connectivity index (χ0v) is 20.9. The van der Waals surface area contributed by atoms with Crippen LogP contribution < -0.4 is 0 Å². The van der Waals surface area contributed by atoms with E-state index in [-0.39, 0.29) is 5.41 Å². The maximum absolute atomic E-state index is 4.65. The highest BCUT2D eigenvalue weighted by Crippen LogP contribution is 2.48. The van der Waals surface area contributed by atoms with Gasteiger partial charge < -0.3 is 0 Å². The molecular formula is C30H43N. The Morgan fingerprint density at radius 1 is 1.10 bits per heavy atom. The summed E-state index contributed by atoms with van der Waals surface area (Å²) in [5.41, 5.74) is 4.20. The summed E-state index contributed by atoms with van der Waals surface area (Å²) in [5.74, 6) is 1.44. The summed E-state index contributed by atoms with van der Waals surface area (Å²) in [4.78, 5) is 4.65. The Kier molecular flexibility index (Phi) is 8.86. The standard InChI is InChI=1S/C30H43N/c1-9-26-27(19-21-31-22-25-15-11-10-12-16-25)23(2)17-18-28(26)30(7,8)24(3)14-13-20-29(4,5)6/h10-19,21,24,26,28H,2,9,20,22H2,1,3-8H3/b14-13-,27-19+,31-21?. The van der Waals surface area contributed by atoms with E-state index in [2.05, 4.69) is 115 Å². The molecule has 1 nitrogen and oxygen atoms in total. The van der Waals surface area contributed by atoms with Crippen molar-refractivity contribution >= 4 is 6.21 Å². The first-order valence-electron chi connectivity index (χ1n) is 11.8. The number of hydrogen-bond donors (Lipinski definition) is 0. The van der Waals surface area contributed by atoms with Gasteiger partial charge in [-0.15, -0.1) is 0 Å². The first-order valence-corrected chi connectivity index (χ1v) is 11.8. The minimum Gasteiger partial charge on any atom is -0.288 e. The lowest BCUT2D eigenvalue weighted by Gasteiger charge is -2.44. The van der Waals surface area contributed by atoms with Gasteiger partial charge in [0.2, 0.25) is 0 Å². The van der Waals surface area contributed by atoms with Crippen molar-refractivity contribution in [2.75, 3.05) is 0 Å². The van der Waals surface area contributed by atoms with Crippen LogP contribution >= 0.6 is 0 Å². The van der Waals surface area contributed by atoms with Crippen LogP contribution in [0.5, 0.6) is 0 Å². The summed E-state index contributed by atoms with van der Waals surface area (Å²) in [5, 5.41) is 0. The Labute approximate surface area is 191 Å². The summed E-state index contributed by atoms with van der Waals surface area (Å²) in [7, 11) is 0. The van der Waals surface area contributed by atoms with E-state index in [1.165, 1.54) is 11.1 Å². The van der Waals surface area contributed by atoms with Crippen molar-refractivity contribution in [3.8, 4) is 0 Å². The fourth-order valence-corrected chi connectivity index (χ4v) is 4.40. The Balaban J connectivity index is 2.18. The number of aliphatic imine (C=N–C) groups is 1. The molecule has 0 heterocycles. The van der Waals surface area contributed by atoms with Crippen LogP contribution in [0.25, 0.3) is 0 Å². The third kappa shape index (κ3) is 7.20. The molecule has 1 heteroatoms. The van der Waals surface area contributed by atoms with E-state index in [4.69, 9.17) is 0 Å². The van der Waals surface area contributed by atoms with Crippen LogP contribution in [0.3, 0.4) is 0 Å². The van der Waals surface area contributed by atoms with Gasteiger partial charge >= 0.3 is 0 Å². The maximum atomic E-state index is 4.65. The molecule has 0 aliphatic heterocycles. The minimum absolute atomic E-state index is 0.159. The van der Waals surface area contributed by atoms with Crippen molar-refractivity contribution in [3.05, 3.63) is 84.0 Å². The molecule has 31 heavy (non-hydrogen) atoms. The quantitative estimate of drug-likeness (QED) is 0.296. The highest BCUT2D eigenvalue weighted by atomic mass is 14.7. The zero-order chi connectivity index (χ0) is 23.1. The fraction of sp³-hybridized carbons (Fsp3) is 0.500. The van der Waals surface area contributed by atoms with Crippen LogP contribution in [0.4, 0.5) is 0 Å². The molecule has 3 unspecified atom stereocenters. The van der Waals surface area contributed by atoms with Gasteiger partial charge in [-0.25, -0.2) is 0 Å². The lowest BCUT2D eigenvalue weighted by Crippen LogP contribution is -2.36. The van der Waals surface area contributed by atoms with Gasteiger partial charge in [-0.1, -0.05) is 110 Å². The van der Waals surface area contributed by atoms with Gasteiger partial charge in [0.1, 0.15) is 0 Å². The molecule has 0 bridgehead atoms. The first kappa shape index (κ1) is 25.1. The average molecular weight is 418 g/mol. The molecule has 1 aliphatic rings. The van der Waals surface area contributed by atoms with Gasteiger partial charge in [0.15, 0.2) is 0 Å². The van der Waals surface area contributed by atoms with Gasteiger partial charge in [0.05, 0.1) is 6.54 Å². The number of benzene rings is 1. The SMILES string of the molecule is C=C1C=CC(C(C)(C)C(C)/C=C\CC(C)(C)C)C(CC)/C1=C/C=NCc1ccccc1. The molecular weight excluding hydrogens is 374 g/mol. The summed E-state index contributed by atoms with van der Waals surface area (Å²) in [6.07, 6.45) is 15.8.